The van der Waals surface area contributed by atoms with Crippen LogP contribution in [0.25, 0.3) is 6.08 Å². The molecule has 23 heavy (non-hydrogen) atoms. The third-order valence-electron chi connectivity index (χ3n) is 2.96. The minimum Gasteiger partial charge on any atom is -0.460 e. The van der Waals surface area contributed by atoms with Gasteiger partial charge >= 0.3 is 5.97 Å². The summed E-state index contributed by atoms with van der Waals surface area (Å²) in [5.41, 5.74) is 0.890. The second-order valence-corrected chi connectivity index (χ2v) is 4.66. The molecule has 0 heterocycles. The molecule has 0 aromatic heterocycles. The van der Waals surface area contributed by atoms with E-state index in [1.165, 1.54) is 18.2 Å². The Kier molecular flexibility index (Phi) is 6.06. The van der Waals surface area contributed by atoms with Crippen molar-refractivity contribution in [3.8, 4) is 0 Å². The molecule has 0 fully saturated rings. The summed E-state index contributed by atoms with van der Waals surface area (Å²) in [5.74, 6) is -1.88. The number of rotatable bonds is 6. The molecule has 1 amide bonds. The molecule has 4 nitrogen and oxygen atoms in total. The van der Waals surface area contributed by atoms with Gasteiger partial charge < -0.3 is 10.1 Å². The van der Waals surface area contributed by atoms with Gasteiger partial charge in [0, 0.05) is 0 Å². The number of ether oxygens (including phenoxy) is 1. The van der Waals surface area contributed by atoms with Crippen LogP contribution >= 0.6 is 0 Å². The number of nitrogens with one attached hydrogen (secondary N) is 1. The van der Waals surface area contributed by atoms with Crippen LogP contribution in [-0.4, -0.2) is 25.0 Å². The first-order valence-electron chi connectivity index (χ1n) is 7.07. The monoisotopic (exact) mass is 313 g/mol. The van der Waals surface area contributed by atoms with Gasteiger partial charge in [0.15, 0.2) is 0 Å². The first-order valence-corrected chi connectivity index (χ1v) is 7.07. The van der Waals surface area contributed by atoms with Gasteiger partial charge in [-0.15, -0.1) is 0 Å². The maximum atomic E-state index is 13.4. The minimum atomic E-state index is -0.653. The maximum absolute atomic E-state index is 13.4. The molecule has 0 spiro atoms. The zero-order valence-corrected chi connectivity index (χ0v) is 12.4. The standard InChI is InChI=1S/C18H16FNO3/c19-16-11-5-4-10-15(16)18(22)20-13-17(21)23-12-6-9-14-7-2-1-3-8-14/h1-11H,12-13H2,(H,20,22)/b9-6+. The van der Waals surface area contributed by atoms with E-state index < -0.39 is 17.7 Å². The Morgan fingerprint density at radius 1 is 1.04 bits per heavy atom. The minimum absolute atomic E-state index is 0.100. The molecule has 0 aliphatic carbocycles. The molecule has 0 bridgehead atoms. The molecular formula is C18H16FNO3. The smallest absolute Gasteiger partial charge is 0.325 e. The first kappa shape index (κ1) is 16.4. The molecule has 0 aliphatic heterocycles. The average Bonchev–Trinajstić information content (AvgIpc) is 2.58. The van der Waals surface area contributed by atoms with Gasteiger partial charge in [-0.2, -0.15) is 0 Å². The SMILES string of the molecule is O=C(CNC(=O)c1ccccc1F)OC/C=C/c1ccccc1. The zero-order valence-electron chi connectivity index (χ0n) is 12.4. The number of hydrogen-bond donors (Lipinski definition) is 1. The highest BCUT2D eigenvalue weighted by Crippen LogP contribution is 2.05. The van der Waals surface area contributed by atoms with Crippen LogP contribution in [0.4, 0.5) is 4.39 Å². The van der Waals surface area contributed by atoms with Crippen molar-refractivity contribution in [3.63, 3.8) is 0 Å². The Morgan fingerprint density at radius 3 is 2.48 bits per heavy atom. The highest BCUT2D eigenvalue weighted by atomic mass is 19.1. The Labute approximate surface area is 133 Å². The second kappa shape index (κ2) is 8.48. The fourth-order valence-corrected chi connectivity index (χ4v) is 1.83. The molecule has 0 saturated heterocycles. The van der Waals surface area contributed by atoms with Crippen molar-refractivity contribution < 1.29 is 18.7 Å². The Bertz CT molecular complexity index is 698. The lowest BCUT2D eigenvalue weighted by Crippen LogP contribution is -2.31. The predicted octanol–water partition coefficient (Wildman–Crippen LogP) is 2.81. The molecule has 5 heteroatoms. The highest BCUT2D eigenvalue weighted by molar-refractivity contribution is 5.96. The second-order valence-electron chi connectivity index (χ2n) is 4.66. The first-order chi connectivity index (χ1) is 11.2. The fraction of sp³-hybridized carbons (Fsp3) is 0.111. The summed E-state index contributed by atoms with van der Waals surface area (Å²) in [6, 6.07) is 15.1. The summed E-state index contributed by atoms with van der Waals surface area (Å²) in [7, 11) is 0. The highest BCUT2D eigenvalue weighted by Gasteiger charge is 2.12. The topological polar surface area (TPSA) is 55.4 Å². The molecule has 1 N–H and O–H groups in total. The summed E-state index contributed by atoms with van der Waals surface area (Å²) in [6.07, 6.45) is 3.52. The van der Waals surface area contributed by atoms with Crippen molar-refractivity contribution >= 4 is 18.0 Å². The van der Waals surface area contributed by atoms with E-state index in [2.05, 4.69) is 5.32 Å². The Morgan fingerprint density at radius 2 is 1.74 bits per heavy atom. The molecule has 0 unspecified atom stereocenters. The van der Waals surface area contributed by atoms with Crippen molar-refractivity contribution in [1.82, 2.24) is 5.32 Å². The van der Waals surface area contributed by atoms with E-state index in [-0.39, 0.29) is 18.7 Å². The normalized spacial score (nSPS) is 10.5. The average molecular weight is 313 g/mol. The summed E-state index contributed by atoms with van der Waals surface area (Å²) in [4.78, 5) is 23.2. The van der Waals surface area contributed by atoms with Crippen molar-refractivity contribution in [3.05, 3.63) is 77.6 Å². The van der Waals surface area contributed by atoms with E-state index in [1.54, 1.807) is 12.1 Å². The number of benzene rings is 2. The molecular weight excluding hydrogens is 297 g/mol. The lowest BCUT2D eigenvalue weighted by Gasteiger charge is -2.05. The maximum Gasteiger partial charge on any atom is 0.325 e. The quantitative estimate of drug-likeness (QED) is 0.834. The molecule has 0 radical (unpaired) electrons. The van der Waals surface area contributed by atoms with E-state index in [0.717, 1.165) is 5.56 Å². The van der Waals surface area contributed by atoms with E-state index in [1.807, 2.05) is 36.4 Å². The third-order valence-corrected chi connectivity index (χ3v) is 2.96. The van der Waals surface area contributed by atoms with Crippen molar-refractivity contribution in [1.29, 1.82) is 0 Å². The molecule has 0 atom stereocenters. The third kappa shape index (κ3) is 5.39. The number of esters is 1. The van der Waals surface area contributed by atoms with Gasteiger partial charge in [0.05, 0.1) is 5.56 Å². The van der Waals surface area contributed by atoms with Crippen LogP contribution in [0.5, 0.6) is 0 Å². The van der Waals surface area contributed by atoms with Crippen LogP contribution in [0.3, 0.4) is 0 Å². The van der Waals surface area contributed by atoms with Gasteiger partial charge in [-0.3, -0.25) is 9.59 Å². The van der Waals surface area contributed by atoms with Gasteiger partial charge in [0.2, 0.25) is 0 Å². The number of hydrogen-bond acceptors (Lipinski definition) is 3. The van der Waals surface area contributed by atoms with E-state index >= 15 is 0 Å². The van der Waals surface area contributed by atoms with Crippen LogP contribution in [0.1, 0.15) is 15.9 Å². The van der Waals surface area contributed by atoms with Gasteiger partial charge in [-0.05, 0) is 23.8 Å². The summed E-state index contributed by atoms with van der Waals surface area (Å²) in [5, 5.41) is 2.32. The molecule has 2 rings (SSSR count). The lowest BCUT2D eigenvalue weighted by molar-refractivity contribution is -0.141. The Hall–Kier alpha value is -2.95. The van der Waals surface area contributed by atoms with Crippen LogP contribution in [0.2, 0.25) is 0 Å². The number of amides is 1. The molecule has 0 saturated carbocycles. The summed E-state index contributed by atoms with van der Waals surface area (Å²) < 4.78 is 18.3. The van der Waals surface area contributed by atoms with E-state index in [4.69, 9.17) is 4.74 Å². The van der Waals surface area contributed by atoms with Crippen LogP contribution in [-0.2, 0) is 9.53 Å². The molecule has 2 aromatic carbocycles. The van der Waals surface area contributed by atoms with E-state index in [0.29, 0.717) is 0 Å². The summed E-state index contributed by atoms with van der Waals surface area (Å²) >= 11 is 0. The van der Waals surface area contributed by atoms with Gasteiger partial charge in [-0.1, -0.05) is 48.5 Å². The predicted molar refractivity (Wildman–Crippen MR) is 85.2 cm³/mol. The van der Waals surface area contributed by atoms with Crippen LogP contribution in [0.15, 0.2) is 60.7 Å². The van der Waals surface area contributed by atoms with Gasteiger partial charge in [0.25, 0.3) is 5.91 Å². The van der Waals surface area contributed by atoms with Gasteiger partial charge in [0.1, 0.15) is 19.0 Å². The van der Waals surface area contributed by atoms with Crippen molar-refractivity contribution in [2.24, 2.45) is 0 Å². The Balaban J connectivity index is 1.72. The number of carbonyl (C=O) groups is 2. The fourth-order valence-electron chi connectivity index (χ4n) is 1.83. The van der Waals surface area contributed by atoms with Gasteiger partial charge in [-0.25, -0.2) is 4.39 Å². The lowest BCUT2D eigenvalue weighted by atomic mass is 10.2. The largest absolute Gasteiger partial charge is 0.460 e. The molecule has 2 aromatic rings. The molecule has 118 valence electrons. The van der Waals surface area contributed by atoms with E-state index in [9.17, 15) is 14.0 Å². The van der Waals surface area contributed by atoms with Crippen LogP contribution in [0, 0.1) is 5.82 Å². The molecule has 0 aliphatic rings. The van der Waals surface area contributed by atoms with Crippen molar-refractivity contribution in [2.75, 3.05) is 13.2 Å². The summed E-state index contributed by atoms with van der Waals surface area (Å²) in [6.45, 7) is -0.213. The van der Waals surface area contributed by atoms with Crippen LogP contribution < -0.4 is 5.32 Å². The number of halogens is 1. The van der Waals surface area contributed by atoms with Crippen molar-refractivity contribution in [2.45, 2.75) is 0 Å². The zero-order chi connectivity index (χ0) is 16.5. The number of carbonyl (C=O) groups excluding carboxylic acids is 2.